The molecule has 1 fully saturated rings. The minimum absolute atomic E-state index is 0.258. The predicted molar refractivity (Wildman–Crippen MR) is 88.2 cm³/mol. The SMILES string of the molecule is O=C(Nc1cccc(N2CCOCC2)c1)c1cc(Cl)c(Cl)[nH]1. The van der Waals surface area contributed by atoms with Crippen LogP contribution in [0.2, 0.25) is 10.2 Å². The van der Waals surface area contributed by atoms with Crippen LogP contribution in [0.5, 0.6) is 0 Å². The molecule has 0 radical (unpaired) electrons. The van der Waals surface area contributed by atoms with Crippen molar-refractivity contribution < 1.29 is 9.53 Å². The van der Waals surface area contributed by atoms with Gasteiger partial charge >= 0.3 is 0 Å². The Kier molecular flexibility index (Phi) is 4.57. The quantitative estimate of drug-likeness (QED) is 0.900. The lowest BCUT2D eigenvalue weighted by atomic mass is 10.2. The average molecular weight is 340 g/mol. The number of carbonyl (C=O) groups is 1. The number of nitrogens with zero attached hydrogens (tertiary/aromatic N) is 1. The van der Waals surface area contributed by atoms with Crippen molar-refractivity contribution in [3.63, 3.8) is 0 Å². The zero-order chi connectivity index (χ0) is 15.5. The van der Waals surface area contributed by atoms with E-state index in [-0.39, 0.29) is 11.1 Å². The van der Waals surface area contributed by atoms with E-state index in [1.54, 1.807) is 0 Å². The molecule has 2 N–H and O–H groups in total. The van der Waals surface area contributed by atoms with Crippen molar-refractivity contribution in [1.82, 2.24) is 4.98 Å². The smallest absolute Gasteiger partial charge is 0.272 e. The minimum Gasteiger partial charge on any atom is -0.378 e. The van der Waals surface area contributed by atoms with Gasteiger partial charge in [-0.25, -0.2) is 0 Å². The fourth-order valence-electron chi connectivity index (χ4n) is 2.33. The zero-order valence-corrected chi connectivity index (χ0v) is 13.2. The van der Waals surface area contributed by atoms with Crippen LogP contribution < -0.4 is 10.2 Å². The number of morpholine rings is 1. The second-order valence-corrected chi connectivity index (χ2v) is 5.73. The second kappa shape index (κ2) is 6.60. The van der Waals surface area contributed by atoms with Gasteiger partial charge in [-0.05, 0) is 24.3 Å². The maximum atomic E-state index is 12.2. The van der Waals surface area contributed by atoms with Crippen molar-refractivity contribution in [1.29, 1.82) is 0 Å². The molecule has 0 atom stereocenters. The molecule has 0 saturated carbocycles. The van der Waals surface area contributed by atoms with Crippen LogP contribution in [0.4, 0.5) is 11.4 Å². The van der Waals surface area contributed by atoms with Gasteiger partial charge in [0.05, 0.1) is 18.2 Å². The minimum atomic E-state index is -0.284. The van der Waals surface area contributed by atoms with Crippen LogP contribution in [0.1, 0.15) is 10.5 Å². The summed E-state index contributed by atoms with van der Waals surface area (Å²) in [5.41, 5.74) is 2.10. The number of nitrogens with one attached hydrogen (secondary N) is 2. The van der Waals surface area contributed by atoms with Gasteiger partial charge in [0.15, 0.2) is 0 Å². The molecule has 0 spiro atoms. The molecule has 1 aliphatic rings. The van der Waals surface area contributed by atoms with Crippen molar-refractivity contribution in [3.05, 3.63) is 46.2 Å². The summed E-state index contributed by atoms with van der Waals surface area (Å²) >= 11 is 11.7. The average Bonchev–Trinajstić information content (AvgIpc) is 2.88. The number of aromatic amines is 1. The van der Waals surface area contributed by atoms with Crippen LogP contribution in [-0.2, 0) is 4.74 Å². The first-order valence-corrected chi connectivity index (χ1v) is 7.67. The first-order chi connectivity index (χ1) is 10.6. The number of halogens is 2. The zero-order valence-electron chi connectivity index (χ0n) is 11.7. The van der Waals surface area contributed by atoms with Crippen LogP contribution in [0.3, 0.4) is 0 Å². The molecule has 7 heteroatoms. The molecule has 0 unspecified atom stereocenters. The normalized spacial score (nSPS) is 14.9. The van der Waals surface area contributed by atoms with E-state index >= 15 is 0 Å². The number of anilines is 2. The Morgan fingerprint density at radius 2 is 2.00 bits per heavy atom. The van der Waals surface area contributed by atoms with Gasteiger partial charge in [0.2, 0.25) is 0 Å². The van der Waals surface area contributed by atoms with Crippen LogP contribution >= 0.6 is 23.2 Å². The van der Waals surface area contributed by atoms with Crippen molar-refractivity contribution in [2.24, 2.45) is 0 Å². The Hall–Kier alpha value is -1.69. The van der Waals surface area contributed by atoms with E-state index in [0.29, 0.717) is 10.7 Å². The van der Waals surface area contributed by atoms with Crippen LogP contribution in [0, 0.1) is 0 Å². The van der Waals surface area contributed by atoms with Gasteiger partial charge in [-0.2, -0.15) is 0 Å². The highest BCUT2D eigenvalue weighted by molar-refractivity contribution is 6.41. The third kappa shape index (κ3) is 3.38. The molecular weight excluding hydrogens is 325 g/mol. The van der Waals surface area contributed by atoms with Gasteiger partial charge in [0, 0.05) is 24.5 Å². The monoisotopic (exact) mass is 339 g/mol. The molecule has 0 bridgehead atoms. The number of aromatic nitrogens is 1. The van der Waals surface area contributed by atoms with Gasteiger partial charge in [-0.15, -0.1) is 0 Å². The number of benzene rings is 1. The van der Waals surface area contributed by atoms with Crippen molar-refractivity contribution >= 4 is 40.5 Å². The summed E-state index contributed by atoms with van der Waals surface area (Å²) in [4.78, 5) is 17.1. The fourth-order valence-corrected chi connectivity index (χ4v) is 2.64. The van der Waals surface area contributed by atoms with Gasteiger partial charge in [0.25, 0.3) is 5.91 Å². The van der Waals surface area contributed by atoms with E-state index < -0.39 is 0 Å². The van der Waals surface area contributed by atoms with Crippen LogP contribution in [0.25, 0.3) is 0 Å². The van der Waals surface area contributed by atoms with Crippen LogP contribution in [-0.4, -0.2) is 37.2 Å². The molecule has 1 aromatic heterocycles. The van der Waals surface area contributed by atoms with E-state index in [0.717, 1.165) is 37.7 Å². The van der Waals surface area contributed by atoms with E-state index in [1.807, 2.05) is 24.3 Å². The molecule has 1 saturated heterocycles. The molecule has 3 rings (SSSR count). The maximum absolute atomic E-state index is 12.2. The highest BCUT2D eigenvalue weighted by Gasteiger charge is 2.14. The van der Waals surface area contributed by atoms with E-state index in [9.17, 15) is 4.79 Å². The Balaban J connectivity index is 1.73. The Morgan fingerprint density at radius 1 is 1.23 bits per heavy atom. The van der Waals surface area contributed by atoms with Crippen molar-refractivity contribution in [2.75, 3.05) is 36.5 Å². The topological polar surface area (TPSA) is 57.4 Å². The molecule has 1 amide bonds. The summed E-state index contributed by atoms with van der Waals surface area (Å²) in [6.45, 7) is 3.13. The van der Waals surface area contributed by atoms with E-state index in [2.05, 4.69) is 15.2 Å². The summed E-state index contributed by atoms with van der Waals surface area (Å²) in [6, 6.07) is 9.22. The van der Waals surface area contributed by atoms with Crippen LogP contribution in [0.15, 0.2) is 30.3 Å². The van der Waals surface area contributed by atoms with E-state index in [4.69, 9.17) is 27.9 Å². The van der Waals surface area contributed by atoms with Crippen molar-refractivity contribution in [2.45, 2.75) is 0 Å². The molecular formula is C15H15Cl2N3O2. The summed E-state index contributed by atoms with van der Waals surface area (Å²) in [7, 11) is 0. The third-order valence-corrected chi connectivity index (χ3v) is 4.14. The Labute approximate surface area is 138 Å². The Bertz CT molecular complexity index is 662. The largest absolute Gasteiger partial charge is 0.378 e. The molecule has 0 aliphatic carbocycles. The molecule has 5 nitrogen and oxygen atoms in total. The lowest BCUT2D eigenvalue weighted by Crippen LogP contribution is -2.36. The highest BCUT2D eigenvalue weighted by atomic mass is 35.5. The first kappa shape index (κ1) is 15.2. The molecule has 116 valence electrons. The fraction of sp³-hybridized carbons (Fsp3) is 0.267. The van der Waals surface area contributed by atoms with Gasteiger partial charge in [0.1, 0.15) is 10.8 Å². The number of amides is 1. The summed E-state index contributed by atoms with van der Waals surface area (Å²) < 4.78 is 5.35. The van der Waals surface area contributed by atoms with Gasteiger partial charge in [-0.1, -0.05) is 29.3 Å². The summed E-state index contributed by atoms with van der Waals surface area (Å²) in [5, 5.41) is 3.42. The van der Waals surface area contributed by atoms with Gasteiger partial charge < -0.3 is 19.9 Å². The molecule has 1 aliphatic heterocycles. The molecule has 2 heterocycles. The standard InChI is InChI=1S/C15H15Cl2N3O2/c16-12-9-13(19-14(12)17)15(21)18-10-2-1-3-11(8-10)20-4-6-22-7-5-20/h1-3,8-9,19H,4-7H2,(H,18,21). The first-order valence-electron chi connectivity index (χ1n) is 6.91. The number of H-pyrrole nitrogens is 1. The number of hydrogen-bond donors (Lipinski definition) is 2. The number of carbonyl (C=O) groups excluding carboxylic acids is 1. The predicted octanol–water partition coefficient (Wildman–Crippen LogP) is 3.41. The lowest BCUT2D eigenvalue weighted by molar-refractivity contribution is 0.102. The maximum Gasteiger partial charge on any atom is 0.272 e. The third-order valence-electron chi connectivity index (χ3n) is 3.45. The summed E-state index contributed by atoms with van der Waals surface area (Å²) in [6.07, 6.45) is 0. The Morgan fingerprint density at radius 3 is 2.68 bits per heavy atom. The van der Waals surface area contributed by atoms with Gasteiger partial charge in [-0.3, -0.25) is 4.79 Å². The lowest BCUT2D eigenvalue weighted by Gasteiger charge is -2.29. The molecule has 1 aromatic carbocycles. The number of hydrogen-bond acceptors (Lipinski definition) is 3. The second-order valence-electron chi connectivity index (χ2n) is 4.95. The summed E-state index contributed by atoms with van der Waals surface area (Å²) in [5.74, 6) is -0.284. The molecule has 22 heavy (non-hydrogen) atoms. The number of ether oxygens (including phenoxy) is 1. The number of rotatable bonds is 3. The molecule has 2 aromatic rings. The highest BCUT2D eigenvalue weighted by Crippen LogP contribution is 2.24. The van der Waals surface area contributed by atoms with E-state index in [1.165, 1.54) is 6.07 Å². The van der Waals surface area contributed by atoms with Crippen molar-refractivity contribution in [3.8, 4) is 0 Å².